The number of fused-ring (bicyclic) bond motifs is 1. The lowest BCUT2D eigenvalue weighted by molar-refractivity contribution is 0.226. The standard InChI is InChI=1S/C26H32N4O2S/c1-6-27-24(20-10-8-12-21(17-20)32-5)29-15-9-11-18-16-19(13-14-22(18)29)23-26(3,4)33-25(31)30(7-2)28-23/h8,10,12-14,16-17H,6-7,9,11,15H2,1-5H3. The third-order valence-electron chi connectivity index (χ3n) is 6.01. The summed E-state index contributed by atoms with van der Waals surface area (Å²) in [6.07, 6.45) is 2.06. The summed E-state index contributed by atoms with van der Waals surface area (Å²) in [5.41, 5.74) is 5.55. The fourth-order valence-corrected chi connectivity index (χ4v) is 5.38. The number of nitrogens with zero attached hydrogens (tertiary/aromatic N) is 4. The number of benzene rings is 2. The zero-order valence-electron chi connectivity index (χ0n) is 20.1. The largest absolute Gasteiger partial charge is 0.497 e. The van der Waals surface area contributed by atoms with E-state index in [1.807, 2.05) is 25.1 Å². The van der Waals surface area contributed by atoms with Gasteiger partial charge in [0.15, 0.2) is 0 Å². The molecule has 2 aromatic rings. The van der Waals surface area contributed by atoms with Gasteiger partial charge in [0, 0.05) is 30.9 Å². The van der Waals surface area contributed by atoms with Gasteiger partial charge in [0.25, 0.3) is 0 Å². The van der Waals surface area contributed by atoms with Crippen molar-refractivity contribution in [1.29, 1.82) is 0 Å². The average molecular weight is 465 g/mol. The van der Waals surface area contributed by atoms with Crippen LogP contribution in [0, 0.1) is 0 Å². The molecule has 2 heterocycles. The number of anilines is 1. The first-order valence-corrected chi connectivity index (χ1v) is 12.4. The van der Waals surface area contributed by atoms with Crippen LogP contribution in [0.15, 0.2) is 52.6 Å². The van der Waals surface area contributed by atoms with Gasteiger partial charge in [-0.05, 0) is 75.9 Å². The number of rotatable bonds is 5. The average Bonchev–Trinajstić information content (AvgIpc) is 2.81. The minimum Gasteiger partial charge on any atom is -0.497 e. The van der Waals surface area contributed by atoms with E-state index in [1.54, 1.807) is 12.1 Å². The van der Waals surface area contributed by atoms with Crippen molar-refractivity contribution in [2.24, 2.45) is 10.1 Å². The third kappa shape index (κ3) is 4.64. The van der Waals surface area contributed by atoms with Crippen LogP contribution in [0.5, 0.6) is 5.75 Å². The monoisotopic (exact) mass is 464 g/mol. The number of carbonyl (C=O) groups is 1. The van der Waals surface area contributed by atoms with E-state index in [0.29, 0.717) is 13.1 Å². The van der Waals surface area contributed by atoms with Crippen LogP contribution in [0.4, 0.5) is 10.5 Å². The van der Waals surface area contributed by atoms with Crippen molar-refractivity contribution in [3.05, 3.63) is 59.2 Å². The predicted octanol–water partition coefficient (Wildman–Crippen LogP) is 5.59. The van der Waals surface area contributed by atoms with Gasteiger partial charge in [-0.3, -0.25) is 9.79 Å². The molecule has 7 heteroatoms. The molecule has 2 aromatic carbocycles. The minimum absolute atomic E-state index is 0.00842. The molecule has 0 spiro atoms. The van der Waals surface area contributed by atoms with E-state index in [1.165, 1.54) is 23.0 Å². The Balaban J connectivity index is 1.74. The van der Waals surface area contributed by atoms with Gasteiger partial charge in [-0.2, -0.15) is 5.10 Å². The van der Waals surface area contributed by atoms with Crippen LogP contribution < -0.4 is 9.64 Å². The van der Waals surface area contributed by atoms with E-state index in [4.69, 9.17) is 14.8 Å². The van der Waals surface area contributed by atoms with Gasteiger partial charge in [-0.15, -0.1) is 0 Å². The molecule has 0 radical (unpaired) electrons. The first kappa shape index (κ1) is 23.4. The molecule has 0 aliphatic carbocycles. The molecule has 0 unspecified atom stereocenters. The Morgan fingerprint density at radius 1 is 1.21 bits per heavy atom. The van der Waals surface area contributed by atoms with Gasteiger partial charge in [-0.25, -0.2) is 5.01 Å². The van der Waals surface area contributed by atoms with Crippen LogP contribution in [0.2, 0.25) is 0 Å². The zero-order chi connectivity index (χ0) is 23.6. The summed E-state index contributed by atoms with van der Waals surface area (Å²) in [5, 5.41) is 6.30. The Morgan fingerprint density at radius 3 is 2.76 bits per heavy atom. The second kappa shape index (κ2) is 9.59. The van der Waals surface area contributed by atoms with Gasteiger partial charge in [0.2, 0.25) is 0 Å². The van der Waals surface area contributed by atoms with Crippen LogP contribution in [-0.4, -0.2) is 53.3 Å². The Morgan fingerprint density at radius 2 is 2.03 bits per heavy atom. The first-order chi connectivity index (χ1) is 15.9. The Kier molecular flexibility index (Phi) is 6.79. The molecular formula is C26H32N4O2S. The molecule has 1 amide bonds. The fourth-order valence-electron chi connectivity index (χ4n) is 4.42. The topological polar surface area (TPSA) is 57.5 Å². The molecule has 2 aliphatic rings. The van der Waals surface area contributed by atoms with Gasteiger partial charge in [0.05, 0.1) is 17.6 Å². The van der Waals surface area contributed by atoms with Crippen LogP contribution in [0.1, 0.15) is 50.8 Å². The molecule has 6 nitrogen and oxygen atoms in total. The summed E-state index contributed by atoms with van der Waals surface area (Å²) in [6, 6.07) is 14.7. The van der Waals surface area contributed by atoms with Crippen LogP contribution >= 0.6 is 11.8 Å². The Hall–Kier alpha value is -2.80. The molecule has 174 valence electrons. The molecular weight excluding hydrogens is 432 g/mol. The molecule has 0 N–H and O–H groups in total. The highest BCUT2D eigenvalue weighted by Gasteiger charge is 2.37. The van der Waals surface area contributed by atoms with Crippen molar-refractivity contribution in [2.75, 3.05) is 31.6 Å². The fraction of sp³-hybridized carbons (Fsp3) is 0.423. The Labute approximate surface area is 200 Å². The van der Waals surface area contributed by atoms with Crippen molar-refractivity contribution in [2.45, 2.75) is 45.3 Å². The van der Waals surface area contributed by atoms with E-state index in [9.17, 15) is 4.79 Å². The van der Waals surface area contributed by atoms with Crippen LogP contribution in [-0.2, 0) is 6.42 Å². The number of methoxy groups -OCH3 is 1. The highest BCUT2D eigenvalue weighted by Crippen LogP contribution is 2.38. The van der Waals surface area contributed by atoms with Gasteiger partial charge in [0.1, 0.15) is 11.6 Å². The first-order valence-electron chi connectivity index (χ1n) is 11.6. The molecule has 33 heavy (non-hydrogen) atoms. The summed E-state index contributed by atoms with van der Waals surface area (Å²) in [5.74, 6) is 1.80. The smallest absolute Gasteiger partial charge is 0.302 e. The van der Waals surface area contributed by atoms with Crippen molar-refractivity contribution in [3.8, 4) is 5.75 Å². The van der Waals surface area contributed by atoms with E-state index in [2.05, 4.69) is 49.9 Å². The maximum atomic E-state index is 12.4. The number of ether oxygens (including phenoxy) is 1. The van der Waals surface area contributed by atoms with Gasteiger partial charge < -0.3 is 9.64 Å². The maximum absolute atomic E-state index is 12.4. The number of hydrogen-bond donors (Lipinski definition) is 0. The maximum Gasteiger partial charge on any atom is 0.302 e. The van der Waals surface area contributed by atoms with Crippen molar-refractivity contribution >= 4 is 34.2 Å². The third-order valence-corrected chi connectivity index (χ3v) is 7.10. The number of amides is 1. The van der Waals surface area contributed by atoms with Crippen molar-refractivity contribution in [1.82, 2.24) is 5.01 Å². The van der Waals surface area contributed by atoms with Crippen molar-refractivity contribution in [3.63, 3.8) is 0 Å². The minimum atomic E-state index is -0.374. The highest BCUT2D eigenvalue weighted by atomic mass is 32.2. The molecule has 4 rings (SSSR count). The van der Waals surface area contributed by atoms with Gasteiger partial charge >= 0.3 is 5.24 Å². The molecule has 0 aromatic heterocycles. The lowest BCUT2D eigenvalue weighted by Gasteiger charge is -2.35. The summed E-state index contributed by atoms with van der Waals surface area (Å²) in [4.78, 5) is 19.6. The number of aryl methyl sites for hydroxylation is 1. The van der Waals surface area contributed by atoms with E-state index < -0.39 is 0 Å². The number of aliphatic imine (C=N–C) groups is 1. The molecule has 0 saturated heterocycles. The van der Waals surface area contributed by atoms with E-state index in [0.717, 1.165) is 47.8 Å². The predicted molar refractivity (Wildman–Crippen MR) is 138 cm³/mol. The number of hydrogen-bond acceptors (Lipinski definition) is 5. The van der Waals surface area contributed by atoms with Crippen LogP contribution in [0.3, 0.4) is 0 Å². The molecule has 2 aliphatic heterocycles. The van der Waals surface area contributed by atoms with Crippen molar-refractivity contribution < 1.29 is 9.53 Å². The number of hydrazone groups is 1. The quantitative estimate of drug-likeness (QED) is 0.428. The number of carbonyl (C=O) groups excluding carboxylic acids is 1. The molecule has 0 fully saturated rings. The SMILES string of the molecule is CCN=C(c1cccc(OC)c1)N1CCCc2cc(C3=NN(CC)C(=O)SC3(C)C)ccc21. The second-order valence-electron chi connectivity index (χ2n) is 8.67. The van der Waals surface area contributed by atoms with Gasteiger partial charge in [-0.1, -0.05) is 30.0 Å². The summed E-state index contributed by atoms with van der Waals surface area (Å²) in [6.45, 7) is 10.4. The summed E-state index contributed by atoms with van der Waals surface area (Å²) in [7, 11) is 1.69. The molecule has 0 bridgehead atoms. The molecule has 0 atom stereocenters. The van der Waals surface area contributed by atoms with Crippen LogP contribution in [0.25, 0.3) is 0 Å². The number of thioether (sulfide) groups is 1. The molecule has 0 saturated carbocycles. The summed E-state index contributed by atoms with van der Waals surface area (Å²) < 4.78 is 5.08. The highest BCUT2D eigenvalue weighted by molar-refractivity contribution is 8.15. The van der Waals surface area contributed by atoms with E-state index >= 15 is 0 Å². The lowest BCUT2D eigenvalue weighted by atomic mass is 9.93. The normalized spacial score (nSPS) is 18.2. The lowest BCUT2D eigenvalue weighted by Crippen LogP contribution is -2.41. The zero-order valence-corrected chi connectivity index (χ0v) is 20.9. The van der Waals surface area contributed by atoms with E-state index in [-0.39, 0.29) is 9.99 Å². The number of amidine groups is 1. The second-order valence-corrected chi connectivity index (χ2v) is 10.2. The Bertz CT molecular complexity index is 1110. The summed E-state index contributed by atoms with van der Waals surface area (Å²) >= 11 is 1.34.